The third-order valence-electron chi connectivity index (χ3n) is 0.276. The van der Waals surface area contributed by atoms with Crippen molar-refractivity contribution in [2.45, 2.75) is 13.8 Å². The van der Waals surface area contributed by atoms with Gasteiger partial charge in [-0.3, -0.25) is 0 Å². The average Bonchev–Trinajstić information content (AvgIpc) is 1.82. The van der Waals surface area contributed by atoms with Gasteiger partial charge in [0.15, 0.2) is 0 Å². The predicted octanol–water partition coefficient (Wildman–Crippen LogP) is -0.320. The Morgan fingerprint density at radius 3 is 1.50 bits per heavy atom. The molecule has 0 fully saturated rings. The van der Waals surface area contributed by atoms with Crippen LogP contribution in [-0.2, 0) is 19.4 Å². The van der Waals surface area contributed by atoms with Gasteiger partial charge >= 0.3 is 11.9 Å². The standard InChI is InChI=1S/C4H6O4.HNO3/c1-3(5)7-8-4(2)6;2-1(3)4/h1-2H3;(H,2,3,4). The van der Waals surface area contributed by atoms with E-state index in [-0.39, 0.29) is 0 Å². The van der Waals surface area contributed by atoms with Gasteiger partial charge < -0.3 is 5.21 Å². The molecule has 0 radical (unpaired) electrons. The van der Waals surface area contributed by atoms with Crippen LogP contribution in [0.3, 0.4) is 0 Å². The molecule has 70 valence electrons. The lowest BCUT2D eigenvalue weighted by atomic mass is 10.8. The smallest absolute Gasteiger partial charge is 0.328 e. The molecule has 1 N–H and O–H groups in total. The van der Waals surface area contributed by atoms with Crippen LogP contribution < -0.4 is 0 Å². The average molecular weight is 181 g/mol. The zero-order valence-electron chi connectivity index (χ0n) is 6.34. The molecule has 0 aromatic heterocycles. The zero-order chi connectivity index (χ0) is 10.1. The van der Waals surface area contributed by atoms with Gasteiger partial charge in [-0.2, -0.15) is 0 Å². The molecular weight excluding hydrogens is 174 g/mol. The van der Waals surface area contributed by atoms with E-state index in [9.17, 15) is 9.59 Å². The molecule has 8 nitrogen and oxygen atoms in total. The second-order valence-corrected chi connectivity index (χ2v) is 1.39. The van der Waals surface area contributed by atoms with Crippen LogP contribution in [0, 0.1) is 10.1 Å². The predicted molar refractivity (Wildman–Crippen MR) is 32.3 cm³/mol. The van der Waals surface area contributed by atoms with E-state index in [1.165, 1.54) is 0 Å². The summed E-state index contributed by atoms with van der Waals surface area (Å²) in [4.78, 5) is 35.7. The second-order valence-electron chi connectivity index (χ2n) is 1.39. The third-order valence-corrected chi connectivity index (χ3v) is 0.276. The first-order valence-electron chi connectivity index (χ1n) is 2.55. The molecule has 0 rings (SSSR count). The highest BCUT2D eigenvalue weighted by molar-refractivity contribution is 5.69. The topological polar surface area (TPSA) is 116 Å². The fourth-order valence-corrected chi connectivity index (χ4v) is 0.117. The minimum Gasteiger partial charge on any atom is -0.328 e. The monoisotopic (exact) mass is 181 g/mol. The van der Waals surface area contributed by atoms with Crippen molar-refractivity contribution in [2.75, 3.05) is 0 Å². The summed E-state index contributed by atoms with van der Waals surface area (Å²) in [5.74, 6) is -1.28. The Morgan fingerprint density at radius 1 is 1.25 bits per heavy atom. The molecule has 0 heterocycles. The van der Waals surface area contributed by atoms with Gasteiger partial charge in [0.05, 0.1) is 0 Å². The Bertz CT molecular complexity index is 158. The van der Waals surface area contributed by atoms with Gasteiger partial charge in [0.25, 0.3) is 5.09 Å². The fraction of sp³-hybridized carbons (Fsp3) is 0.500. The number of rotatable bonds is 0. The van der Waals surface area contributed by atoms with Crippen LogP contribution in [0.5, 0.6) is 0 Å². The van der Waals surface area contributed by atoms with Crippen LogP contribution in [0.25, 0.3) is 0 Å². The Morgan fingerprint density at radius 2 is 1.42 bits per heavy atom. The van der Waals surface area contributed by atoms with E-state index in [0.29, 0.717) is 0 Å². The first-order valence-corrected chi connectivity index (χ1v) is 2.55. The largest absolute Gasteiger partial charge is 0.352 e. The van der Waals surface area contributed by atoms with Gasteiger partial charge in [0.2, 0.25) is 0 Å². The van der Waals surface area contributed by atoms with Gasteiger partial charge in [-0.15, -0.1) is 10.1 Å². The molecule has 8 heteroatoms. The van der Waals surface area contributed by atoms with Crippen LogP contribution >= 0.6 is 0 Å². The van der Waals surface area contributed by atoms with E-state index in [1.807, 2.05) is 0 Å². The van der Waals surface area contributed by atoms with Crippen LogP contribution in [0.2, 0.25) is 0 Å². The second kappa shape index (κ2) is 7.25. The number of nitrogens with zero attached hydrogens (tertiary/aromatic N) is 1. The summed E-state index contributed by atoms with van der Waals surface area (Å²) in [6.45, 7) is 2.28. The summed E-state index contributed by atoms with van der Waals surface area (Å²) < 4.78 is 0. The summed E-state index contributed by atoms with van der Waals surface area (Å²) >= 11 is 0. The molecule has 0 aliphatic carbocycles. The highest BCUT2D eigenvalue weighted by Crippen LogP contribution is 1.78. The molecule has 0 atom stereocenters. The van der Waals surface area contributed by atoms with Gasteiger partial charge in [-0.05, 0) is 0 Å². The lowest BCUT2D eigenvalue weighted by Gasteiger charge is -1.93. The Balaban J connectivity index is 0. The van der Waals surface area contributed by atoms with Crippen molar-refractivity contribution < 1.29 is 29.7 Å². The van der Waals surface area contributed by atoms with E-state index in [4.69, 9.17) is 15.3 Å². The van der Waals surface area contributed by atoms with Crippen molar-refractivity contribution in [1.29, 1.82) is 0 Å². The molecule has 0 aromatic carbocycles. The van der Waals surface area contributed by atoms with E-state index < -0.39 is 17.0 Å². The zero-order valence-corrected chi connectivity index (χ0v) is 6.34. The minimum absolute atomic E-state index is 0.639. The van der Waals surface area contributed by atoms with Gasteiger partial charge in [0, 0.05) is 13.8 Å². The summed E-state index contributed by atoms with van der Waals surface area (Å²) in [7, 11) is 0. The highest BCUT2D eigenvalue weighted by Gasteiger charge is 1.95. The maximum Gasteiger partial charge on any atom is 0.352 e. The molecule has 0 amide bonds. The summed E-state index contributed by atoms with van der Waals surface area (Å²) in [5.41, 5.74) is 0. The van der Waals surface area contributed by atoms with Crippen LogP contribution in [0.1, 0.15) is 13.8 Å². The van der Waals surface area contributed by atoms with Gasteiger partial charge in [0.1, 0.15) is 0 Å². The van der Waals surface area contributed by atoms with Crippen LogP contribution in [-0.4, -0.2) is 22.2 Å². The lowest BCUT2D eigenvalue weighted by Crippen LogP contribution is -2.03. The molecule has 0 aromatic rings. The molecule has 0 saturated heterocycles. The number of carbonyl (C=O) groups excluding carboxylic acids is 2. The third kappa shape index (κ3) is 42.1. The van der Waals surface area contributed by atoms with E-state index in [1.54, 1.807) is 0 Å². The molecule has 0 aliphatic heterocycles. The SMILES string of the molecule is CC(=O)OOC(C)=O.O=[N+]([O-])O. The van der Waals surface area contributed by atoms with Crippen LogP contribution in [0.15, 0.2) is 0 Å². The van der Waals surface area contributed by atoms with E-state index >= 15 is 0 Å². The van der Waals surface area contributed by atoms with E-state index in [0.717, 1.165) is 13.8 Å². The number of hydrogen-bond acceptors (Lipinski definition) is 6. The van der Waals surface area contributed by atoms with Crippen molar-refractivity contribution in [1.82, 2.24) is 0 Å². The van der Waals surface area contributed by atoms with Crippen molar-refractivity contribution in [2.24, 2.45) is 0 Å². The molecular formula is C4H7NO7. The lowest BCUT2D eigenvalue weighted by molar-refractivity contribution is -0.742. The quantitative estimate of drug-likeness (QED) is 0.309. The van der Waals surface area contributed by atoms with Gasteiger partial charge in [-0.1, -0.05) is 0 Å². The number of carbonyl (C=O) groups is 2. The normalized spacial score (nSPS) is 7.17. The molecule has 0 unspecified atom stereocenters. The molecule has 12 heavy (non-hydrogen) atoms. The van der Waals surface area contributed by atoms with Crippen molar-refractivity contribution >= 4 is 11.9 Å². The van der Waals surface area contributed by atoms with E-state index in [2.05, 4.69) is 9.78 Å². The van der Waals surface area contributed by atoms with Crippen LogP contribution in [0.4, 0.5) is 0 Å². The first kappa shape index (κ1) is 12.8. The van der Waals surface area contributed by atoms with Crippen molar-refractivity contribution in [3.63, 3.8) is 0 Å². The molecule has 0 spiro atoms. The maximum atomic E-state index is 9.85. The fourth-order valence-electron chi connectivity index (χ4n) is 0.117. The van der Waals surface area contributed by atoms with Crippen molar-refractivity contribution in [3.8, 4) is 0 Å². The molecule has 0 bridgehead atoms. The molecule has 0 saturated carbocycles. The van der Waals surface area contributed by atoms with Gasteiger partial charge in [-0.25, -0.2) is 19.4 Å². The number of hydrogen-bond donors (Lipinski definition) is 1. The van der Waals surface area contributed by atoms with Crippen molar-refractivity contribution in [3.05, 3.63) is 10.1 Å². The summed E-state index contributed by atoms with van der Waals surface area (Å²) in [6, 6.07) is 0. The Kier molecular flexibility index (Phi) is 7.72. The summed E-state index contributed by atoms with van der Waals surface area (Å²) in [6.07, 6.45) is 0. The first-order chi connectivity index (χ1) is 5.36. The molecule has 0 aliphatic rings. The Hall–Kier alpha value is -1.86. The highest BCUT2D eigenvalue weighted by atomic mass is 17.2. The summed E-state index contributed by atoms with van der Waals surface area (Å²) in [5, 5.41) is 13.6. The maximum absolute atomic E-state index is 9.85. The minimum atomic E-state index is -1.50. The Labute approximate surface area is 66.7 Å².